The number of aliphatic hydroxyl groups is 1. The molecule has 4 unspecified atom stereocenters. The van der Waals surface area contributed by atoms with Crippen LogP contribution in [0.15, 0.2) is 20.5 Å². The highest BCUT2D eigenvalue weighted by Crippen LogP contribution is 2.35. The summed E-state index contributed by atoms with van der Waals surface area (Å²) in [6, 6.07) is -4.16. The van der Waals surface area contributed by atoms with Gasteiger partial charge in [-0.05, 0) is 28.5 Å². The van der Waals surface area contributed by atoms with E-state index >= 15 is 4.39 Å². The molecule has 0 aromatic rings. The smallest absolute Gasteiger partial charge is 0.303 e. The van der Waals surface area contributed by atoms with Gasteiger partial charge in [0.2, 0.25) is 0 Å². The summed E-state index contributed by atoms with van der Waals surface area (Å²) in [6.07, 6.45) is -12.0. The summed E-state index contributed by atoms with van der Waals surface area (Å²) < 4.78 is 36.7. The molecular formula is C16H21FN12O7. The van der Waals surface area contributed by atoms with E-state index in [4.69, 9.17) is 41.1 Å². The molecule has 1 aliphatic carbocycles. The molecule has 0 amide bonds. The first kappa shape index (κ1) is 28.2. The molecule has 20 heteroatoms. The number of carbonyl (C=O) groups excluding carboxylic acids is 2. The highest BCUT2D eigenvalue weighted by Gasteiger charge is 2.52. The van der Waals surface area contributed by atoms with Gasteiger partial charge >= 0.3 is 11.9 Å². The summed E-state index contributed by atoms with van der Waals surface area (Å²) in [5.74, 6) is -1.72. The minimum absolute atomic E-state index is 0.246. The van der Waals surface area contributed by atoms with Gasteiger partial charge in [-0.25, -0.2) is 4.39 Å². The average molecular weight is 512 g/mol. The zero-order chi connectivity index (χ0) is 26.8. The van der Waals surface area contributed by atoms with Gasteiger partial charge in [-0.2, -0.15) is 0 Å². The van der Waals surface area contributed by atoms with Gasteiger partial charge in [0, 0.05) is 33.5 Å². The molecule has 1 saturated heterocycles. The van der Waals surface area contributed by atoms with Crippen LogP contribution in [0, 0.1) is 0 Å². The van der Waals surface area contributed by atoms with Gasteiger partial charge in [0.05, 0.1) is 24.7 Å². The van der Waals surface area contributed by atoms with Crippen LogP contribution in [0.2, 0.25) is 0 Å². The van der Waals surface area contributed by atoms with E-state index in [1.165, 1.54) is 0 Å². The molecule has 0 aromatic carbocycles. The van der Waals surface area contributed by atoms with Gasteiger partial charge in [0.1, 0.15) is 24.4 Å². The fourth-order valence-electron chi connectivity index (χ4n) is 3.95. The first-order valence-corrected chi connectivity index (χ1v) is 10.3. The molecule has 0 radical (unpaired) electrons. The SMILES string of the molecule is CC(=O)O[C@@H]1C(CN=[N+]=[N-])O[C@H](O[C@@H]2C(N=[N+]=[N-])CC(N=[N+]=[N-])[C@H](OC(C)=O)[C@H]2O)C(N=[N+]=[N-])[C@@H]1F. The number of rotatable bonds is 9. The molecule has 2 fully saturated rings. The highest BCUT2D eigenvalue weighted by atomic mass is 19.1. The molecule has 36 heavy (non-hydrogen) atoms. The van der Waals surface area contributed by atoms with Crippen LogP contribution in [-0.2, 0) is 28.5 Å². The zero-order valence-corrected chi connectivity index (χ0v) is 18.8. The molecule has 194 valence electrons. The van der Waals surface area contributed by atoms with Crippen LogP contribution in [0.25, 0.3) is 41.8 Å². The molecule has 0 aromatic heterocycles. The number of aliphatic hydroxyl groups excluding tert-OH is 1. The van der Waals surface area contributed by atoms with E-state index in [1.807, 2.05) is 0 Å². The van der Waals surface area contributed by atoms with Crippen molar-refractivity contribution in [2.24, 2.45) is 20.5 Å². The molecule has 1 heterocycles. The van der Waals surface area contributed by atoms with Crippen molar-refractivity contribution >= 4 is 11.9 Å². The molecule has 0 bridgehead atoms. The minimum atomic E-state index is -2.21. The normalized spacial score (nSPS) is 35.4. The van der Waals surface area contributed by atoms with Gasteiger partial charge in [0.15, 0.2) is 18.6 Å². The van der Waals surface area contributed by atoms with Gasteiger partial charge in [0.25, 0.3) is 0 Å². The Morgan fingerprint density at radius 1 is 0.944 bits per heavy atom. The average Bonchev–Trinajstić information content (AvgIpc) is 2.81. The highest BCUT2D eigenvalue weighted by molar-refractivity contribution is 5.66. The van der Waals surface area contributed by atoms with Gasteiger partial charge in [-0.3, -0.25) is 9.59 Å². The van der Waals surface area contributed by atoms with Crippen molar-refractivity contribution in [2.45, 2.75) is 81.4 Å². The van der Waals surface area contributed by atoms with E-state index in [0.717, 1.165) is 13.8 Å². The lowest BCUT2D eigenvalue weighted by atomic mass is 9.84. The zero-order valence-electron chi connectivity index (χ0n) is 18.8. The molecule has 19 nitrogen and oxygen atoms in total. The predicted octanol–water partition coefficient (Wildman–Crippen LogP) is 2.41. The van der Waals surface area contributed by atoms with Crippen molar-refractivity contribution < 1.29 is 38.0 Å². The molecule has 1 aliphatic heterocycles. The van der Waals surface area contributed by atoms with E-state index in [1.54, 1.807) is 0 Å². The van der Waals surface area contributed by atoms with Gasteiger partial charge in [-0.1, -0.05) is 20.5 Å². The summed E-state index contributed by atoms with van der Waals surface area (Å²) in [6.45, 7) is 1.53. The molecular weight excluding hydrogens is 491 g/mol. The minimum Gasteiger partial charge on any atom is -0.459 e. The Bertz CT molecular complexity index is 1020. The molecule has 1 N–H and O–H groups in total. The van der Waals surface area contributed by atoms with E-state index in [2.05, 4.69) is 40.1 Å². The maximum absolute atomic E-state index is 15.4. The Morgan fingerprint density at radius 3 is 2.03 bits per heavy atom. The van der Waals surface area contributed by atoms with Crippen LogP contribution in [0.5, 0.6) is 0 Å². The fourth-order valence-corrected chi connectivity index (χ4v) is 3.95. The Balaban J connectivity index is 2.46. The first-order valence-electron chi connectivity index (χ1n) is 10.3. The molecule has 2 aliphatic rings. The lowest BCUT2D eigenvalue weighted by Gasteiger charge is -2.46. The Kier molecular flexibility index (Phi) is 10.3. The van der Waals surface area contributed by atoms with Crippen LogP contribution < -0.4 is 0 Å². The van der Waals surface area contributed by atoms with Crippen molar-refractivity contribution in [1.29, 1.82) is 0 Å². The third-order valence-corrected chi connectivity index (χ3v) is 5.31. The number of ether oxygens (including phenoxy) is 4. The predicted molar refractivity (Wildman–Crippen MR) is 113 cm³/mol. The number of alkyl halides is 1. The third kappa shape index (κ3) is 6.78. The number of esters is 2. The standard InChI is InChI=1S/C16H21FN12O7/c1-5(30)33-13-7(23-27-19)3-8(24-28-20)14(12(13)32)36-16-11(25-29-21)10(17)15(34-6(2)31)9(35-16)4-22-26-18/h7-16,32H,3-4H2,1-2H3/t7?,8?,9?,10-,11?,12+,13-,14+,15+,16+/m0/s1. The summed E-state index contributed by atoms with van der Waals surface area (Å²) in [7, 11) is 0. The van der Waals surface area contributed by atoms with Crippen molar-refractivity contribution in [1.82, 2.24) is 0 Å². The largest absolute Gasteiger partial charge is 0.459 e. The Labute approximate surface area is 200 Å². The van der Waals surface area contributed by atoms with Crippen LogP contribution in [0.1, 0.15) is 20.3 Å². The molecule has 2 rings (SSSR count). The molecule has 0 spiro atoms. The Hall–Kier alpha value is -4.01. The van der Waals surface area contributed by atoms with E-state index in [-0.39, 0.29) is 6.42 Å². The second-order valence-corrected chi connectivity index (χ2v) is 7.62. The van der Waals surface area contributed by atoms with Crippen LogP contribution in [-0.4, -0.2) is 84.7 Å². The molecule has 1 saturated carbocycles. The summed E-state index contributed by atoms with van der Waals surface area (Å²) in [5.41, 5.74) is 35.4. The maximum atomic E-state index is 15.4. The lowest BCUT2D eigenvalue weighted by Crippen LogP contribution is -2.62. The van der Waals surface area contributed by atoms with Crippen molar-refractivity contribution in [3.63, 3.8) is 0 Å². The number of nitrogens with zero attached hydrogens (tertiary/aromatic N) is 12. The van der Waals surface area contributed by atoms with E-state index < -0.39 is 79.6 Å². The lowest BCUT2D eigenvalue weighted by molar-refractivity contribution is -0.283. The van der Waals surface area contributed by atoms with Crippen molar-refractivity contribution in [3.05, 3.63) is 41.8 Å². The van der Waals surface area contributed by atoms with Crippen LogP contribution in [0.4, 0.5) is 4.39 Å². The van der Waals surface area contributed by atoms with Crippen molar-refractivity contribution in [3.8, 4) is 0 Å². The summed E-state index contributed by atoms with van der Waals surface area (Å²) in [5, 5.41) is 24.5. The van der Waals surface area contributed by atoms with Crippen LogP contribution in [0.3, 0.4) is 0 Å². The third-order valence-electron chi connectivity index (χ3n) is 5.31. The van der Waals surface area contributed by atoms with Gasteiger partial charge < -0.3 is 24.1 Å². The topological polar surface area (TPSA) is 286 Å². The van der Waals surface area contributed by atoms with E-state index in [9.17, 15) is 14.7 Å². The number of hydrogen-bond acceptors (Lipinski definition) is 11. The number of carbonyl (C=O) groups is 2. The Morgan fingerprint density at radius 2 is 1.50 bits per heavy atom. The summed E-state index contributed by atoms with van der Waals surface area (Å²) >= 11 is 0. The van der Waals surface area contributed by atoms with Crippen LogP contribution >= 0.6 is 0 Å². The molecule has 10 atom stereocenters. The quantitative estimate of drug-likeness (QED) is 0.208. The van der Waals surface area contributed by atoms with Crippen molar-refractivity contribution in [2.75, 3.05) is 6.54 Å². The monoisotopic (exact) mass is 512 g/mol. The maximum Gasteiger partial charge on any atom is 0.303 e. The van der Waals surface area contributed by atoms with Gasteiger partial charge in [-0.15, -0.1) is 0 Å². The second-order valence-electron chi connectivity index (χ2n) is 7.62. The number of hydrogen-bond donors (Lipinski definition) is 1. The van der Waals surface area contributed by atoms with E-state index in [0.29, 0.717) is 0 Å². The first-order chi connectivity index (χ1) is 17.2. The summed E-state index contributed by atoms with van der Waals surface area (Å²) in [4.78, 5) is 33.4. The number of azide groups is 4. The fraction of sp³-hybridized carbons (Fsp3) is 0.875. The number of halogens is 1. The second kappa shape index (κ2) is 13.2.